The largest absolute Gasteiger partial charge is 0.300 e. The van der Waals surface area contributed by atoms with Crippen molar-refractivity contribution in [2.75, 3.05) is 5.32 Å². The van der Waals surface area contributed by atoms with Crippen molar-refractivity contribution in [3.8, 4) is 0 Å². The number of amides is 1. The highest BCUT2D eigenvalue weighted by atomic mass is 32.1. The van der Waals surface area contributed by atoms with Gasteiger partial charge in [-0.1, -0.05) is 23.5 Å². The van der Waals surface area contributed by atoms with Crippen LogP contribution in [0.1, 0.15) is 29.8 Å². The van der Waals surface area contributed by atoms with Gasteiger partial charge in [-0.15, -0.1) is 11.3 Å². The minimum Gasteiger partial charge on any atom is -0.300 e. The fourth-order valence-corrected chi connectivity index (χ4v) is 5.62. The molecule has 1 unspecified atom stereocenters. The van der Waals surface area contributed by atoms with E-state index in [2.05, 4.69) is 15.3 Å². The number of fused-ring (bicyclic) bond motifs is 4. The summed E-state index contributed by atoms with van der Waals surface area (Å²) in [6.45, 7) is 1.71. The van der Waals surface area contributed by atoms with Gasteiger partial charge in [0.2, 0.25) is 5.91 Å². The number of thiophene rings is 1. The maximum Gasteiger partial charge on any atom is 0.263 e. The molecule has 1 aliphatic carbocycles. The van der Waals surface area contributed by atoms with E-state index in [-0.39, 0.29) is 11.5 Å². The number of nitrogens with zero attached hydrogens (tertiary/aromatic N) is 3. The highest BCUT2D eigenvalue weighted by molar-refractivity contribution is 7.22. The summed E-state index contributed by atoms with van der Waals surface area (Å²) in [6, 6.07) is 7.05. The summed E-state index contributed by atoms with van der Waals surface area (Å²) in [5.41, 5.74) is 1.84. The van der Waals surface area contributed by atoms with Crippen LogP contribution in [0.3, 0.4) is 0 Å². The van der Waals surface area contributed by atoms with Gasteiger partial charge in [0.15, 0.2) is 5.13 Å². The molecule has 0 fully saturated rings. The number of rotatable bonds is 3. The first-order chi connectivity index (χ1) is 13.1. The van der Waals surface area contributed by atoms with Gasteiger partial charge < -0.3 is 5.32 Å². The summed E-state index contributed by atoms with van der Waals surface area (Å²) in [5, 5.41) is 4.06. The molecule has 1 aliphatic rings. The number of aryl methyl sites for hydroxylation is 2. The number of hydrogen-bond donors (Lipinski definition) is 1. The number of carbonyl (C=O) groups is 1. The van der Waals surface area contributed by atoms with Crippen LogP contribution in [0.15, 0.2) is 35.4 Å². The van der Waals surface area contributed by atoms with Crippen LogP contribution in [0, 0.1) is 0 Å². The average Bonchev–Trinajstić information content (AvgIpc) is 3.34. The maximum absolute atomic E-state index is 13.0. The molecule has 3 heterocycles. The van der Waals surface area contributed by atoms with Crippen LogP contribution in [0.2, 0.25) is 0 Å². The van der Waals surface area contributed by atoms with Crippen LogP contribution in [-0.4, -0.2) is 20.4 Å². The molecule has 1 atom stereocenters. The Balaban J connectivity index is 1.47. The molecule has 27 heavy (non-hydrogen) atoms. The summed E-state index contributed by atoms with van der Waals surface area (Å²) < 4.78 is 2.44. The van der Waals surface area contributed by atoms with Gasteiger partial charge in [0.05, 0.1) is 21.9 Å². The fourth-order valence-electron chi connectivity index (χ4n) is 3.54. The van der Waals surface area contributed by atoms with Gasteiger partial charge in [-0.2, -0.15) is 0 Å². The van der Waals surface area contributed by atoms with Crippen molar-refractivity contribution < 1.29 is 4.79 Å². The van der Waals surface area contributed by atoms with E-state index in [1.807, 2.05) is 24.3 Å². The molecule has 4 aromatic rings. The number of carbonyl (C=O) groups excluding carboxylic acids is 1. The van der Waals surface area contributed by atoms with E-state index in [9.17, 15) is 9.59 Å². The Hall–Kier alpha value is -2.58. The topological polar surface area (TPSA) is 76.9 Å². The fraction of sp³-hybridized carbons (Fsp3) is 0.263. The Morgan fingerprint density at radius 2 is 2.11 bits per heavy atom. The van der Waals surface area contributed by atoms with Crippen LogP contribution in [-0.2, 0) is 17.6 Å². The van der Waals surface area contributed by atoms with Crippen molar-refractivity contribution in [3.63, 3.8) is 0 Å². The van der Waals surface area contributed by atoms with Crippen LogP contribution in [0.25, 0.3) is 20.4 Å². The molecule has 0 spiro atoms. The molecule has 3 aromatic heterocycles. The molecule has 0 aliphatic heterocycles. The number of benzene rings is 1. The zero-order valence-electron chi connectivity index (χ0n) is 14.6. The molecule has 8 heteroatoms. The van der Waals surface area contributed by atoms with Gasteiger partial charge in [-0.3, -0.25) is 14.2 Å². The molecule has 1 amide bonds. The lowest BCUT2D eigenvalue weighted by atomic mass is 10.2. The number of para-hydroxylation sites is 1. The Labute approximate surface area is 162 Å². The third kappa shape index (κ3) is 2.67. The average molecular weight is 396 g/mol. The number of thiazole rings is 1. The highest BCUT2D eigenvalue weighted by Crippen LogP contribution is 2.34. The normalized spacial score (nSPS) is 14.6. The quantitative estimate of drug-likeness (QED) is 0.572. The van der Waals surface area contributed by atoms with Gasteiger partial charge in [-0.05, 0) is 43.9 Å². The van der Waals surface area contributed by atoms with E-state index >= 15 is 0 Å². The van der Waals surface area contributed by atoms with Crippen molar-refractivity contribution in [1.29, 1.82) is 0 Å². The van der Waals surface area contributed by atoms with Crippen molar-refractivity contribution in [3.05, 3.63) is 51.4 Å². The molecule has 0 saturated carbocycles. The summed E-state index contributed by atoms with van der Waals surface area (Å²) in [5.74, 6) is -0.274. The SMILES string of the molecule is CC(C(=O)Nc1nc2ccccc2s1)n1cnc2sc3c(c2c1=O)CCC3. The molecular formula is C19H16N4O2S2. The Morgan fingerprint density at radius 1 is 1.26 bits per heavy atom. The van der Waals surface area contributed by atoms with Gasteiger partial charge in [0, 0.05) is 4.88 Å². The standard InChI is InChI=1S/C19H16N4O2S2/c1-10(16(24)22-19-21-12-6-2-3-7-14(12)27-19)23-9-20-17-15(18(23)25)11-5-4-8-13(11)26-17/h2-3,6-7,9-10H,4-5,8H2,1H3,(H,21,22,24). The van der Waals surface area contributed by atoms with Crippen molar-refractivity contribution in [2.45, 2.75) is 32.2 Å². The van der Waals surface area contributed by atoms with Crippen LogP contribution >= 0.6 is 22.7 Å². The third-order valence-corrected chi connectivity index (χ3v) is 7.12. The van der Waals surface area contributed by atoms with Crippen LogP contribution in [0.5, 0.6) is 0 Å². The van der Waals surface area contributed by atoms with E-state index in [1.54, 1.807) is 18.3 Å². The monoisotopic (exact) mass is 396 g/mol. The Morgan fingerprint density at radius 3 is 2.96 bits per heavy atom. The zero-order chi connectivity index (χ0) is 18.5. The summed E-state index contributed by atoms with van der Waals surface area (Å²) >= 11 is 3.02. The Kier molecular flexibility index (Phi) is 3.84. The second-order valence-electron chi connectivity index (χ2n) is 6.65. The highest BCUT2D eigenvalue weighted by Gasteiger charge is 2.24. The molecular weight excluding hydrogens is 380 g/mol. The first kappa shape index (κ1) is 16.6. The van der Waals surface area contributed by atoms with Gasteiger partial charge >= 0.3 is 0 Å². The van der Waals surface area contributed by atoms with E-state index in [0.29, 0.717) is 10.5 Å². The number of nitrogens with one attached hydrogen (secondary N) is 1. The van der Waals surface area contributed by atoms with Crippen molar-refractivity contribution in [1.82, 2.24) is 14.5 Å². The lowest BCUT2D eigenvalue weighted by Crippen LogP contribution is -2.31. The number of hydrogen-bond acceptors (Lipinski definition) is 6. The first-order valence-electron chi connectivity index (χ1n) is 8.79. The zero-order valence-corrected chi connectivity index (χ0v) is 16.2. The minimum atomic E-state index is -0.668. The molecule has 5 rings (SSSR count). The van der Waals surface area contributed by atoms with Crippen LogP contribution in [0.4, 0.5) is 5.13 Å². The van der Waals surface area contributed by atoms with E-state index in [4.69, 9.17) is 0 Å². The second-order valence-corrected chi connectivity index (χ2v) is 8.76. The predicted molar refractivity (Wildman–Crippen MR) is 109 cm³/mol. The lowest BCUT2D eigenvalue weighted by molar-refractivity contribution is -0.118. The molecule has 1 aromatic carbocycles. The minimum absolute atomic E-state index is 0.133. The summed E-state index contributed by atoms with van der Waals surface area (Å²) in [7, 11) is 0. The molecule has 0 radical (unpaired) electrons. The summed E-state index contributed by atoms with van der Waals surface area (Å²) in [4.78, 5) is 36.7. The Bertz CT molecular complexity index is 1220. The van der Waals surface area contributed by atoms with E-state index in [0.717, 1.165) is 39.9 Å². The number of anilines is 1. The van der Waals surface area contributed by atoms with E-state index in [1.165, 1.54) is 27.1 Å². The second kappa shape index (κ2) is 6.24. The predicted octanol–water partition coefficient (Wildman–Crippen LogP) is 3.76. The van der Waals surface area contributed by atoms with Gasteiger partial charge in [0.1, 0.15) is 10.9 Å². The van der Waals surface area contributed by atoms with Gasteiger partial charge in [-0.25, -0.2) is 9.97 Å². The molecule has 0 saturated heterocycles. The smallest absolute Gasteiger partial charge is 0.263 e. The lowest BCUT2D eigenvalue weighted by Gasteiger charge is -2.13. The van der Waals surface area contributed by atoms with Crippen molar-refractivity contribution in [2.24, 2.45) is 0 Å². The third-order valence-electron chi connectivity index (χ3n) is 4.97. The maximum atomic E-state index is 13.0. The summed E-state index contributed by atoms with van der Waals surface area (Å²) in [6.07, 6.45) is 4.50. The molecule has 1 N–H and O–H groups in total. The molecule has 6 nitrogen and oxygen atoms in total. The van der Waals surface area contributed by atoms with Gasteiger partial charge in [0.25, 0.3) is 5.56 Å². The molecule has 0 bridgehead atoms. The number of aromatic nitrogens is 3. The van der Waals surface area contributed by atoms with E-state index < -0.39 is 6.04 Å². The van der Waals surface area contributed by atoms with Crippen molar-refractivity contribution >= 4 is 54.1 Å². The molecule has 136 valence electrons. The first-order valence-corrected chi connectivity index (χ1v) is 10.4. The van der Waals surface area contributed by atoms with Crippen LogP contribution < -0.4 is 10.9 Å².